The summed E-state index contributed by atoms with van der Waals surface area (Å²) in [5.74, 6) is 0. The van der Waals surface area contributed by atoms with Crippen LogP contribution >= 0.6 is 11.3 Å². The lowest BCUT2D eigenvalue weighted by molar-refractivity contribution is 0.111. The molecule has 0 saturated heterocycles. The molecule has 0 N–H and O–H groups in total. The summed E-state index contributed by atoms with van der Waals surface area (Å²) in [7, 11) is 0. The molecular formula is C18H28O2S. The first kappa shape index (κ1) is 18.1. The van der Waals surface area contributed by atoms with Crippen LogP contribution in [0.25, 0.3) is 0 Å². The van der Waals surface area contributed by atoms with Crippen molar-refractivity contribution in [3.05, 3.63) is 20.9 Å². The highest BCUT2D eigenvalue weighted by Gasteiger charge is 2.16. The maximum atomic E-state index is 11.3. The predicted octanol–water partition coefficient (Wildman–Crippen LogP) is 5.62. The van der Waals surface area contributed by atoms with Gasteiger partial charge in [0.25, 0.3) is 0 Å². The molecule has 1 rings (SSSR count). The van der Waals surface area contributed by atoms with Crippen LogP contribution in [0, 0.1) is 0 Å². The first-order valence-corrected chi connectivity index (χ1v) is 9.14. The van der Waals surface area contributed by atoms with Gasteiger partial charge in [-0.05, 0) is 36.8 Å². The molecule has 0 unspecified atom stereocenters. The minimum absolute atomic E-state index is 0.777. The van der Waals surface area contributed by atoms with Gasteiger partial charge in [-0.3, -0.25) is 9.59 Å². The van der Waals surface area contributed by atoms with Crippen LogP contribution in [0.15, 0.2) is 0 Å². The van der Waals surface area contributed by atoms with Gasteiger partial charge in [-0.2, -0.15) is 0 Å². The van der Waals surface area contributed by atoms with Gasteiger partial charge in [-0.15, -0.1) is 11.3 Å². The molecular weight excluding hydrogens is 280 g/mol. The van der Waals surface area contributed by atoms with Crippen LogP contribution < -0.4 is 0 Å². The second kappa shape index (κ2) is 10.7. The second-order valence-corrected chi connectivity index (χ2v) is 6.73. The van der Waals surface area contributed by atoms with Gasteiger partial charge in [0, 0.05) is 0 Å². The van der Waals surface area contributed by atoms with E-state index in [9.17, 15) is 9.59 Å². The fourth-order valence-corrected chi connectivity index (χ4v) is 3.76. The Bertz CT molecular complexity index is 396. The molecule has 0 fully saturated rings. The lowest BCUT2D eigenvalue weighted by Gasteiger charge is -2.06. The van der Waals surface area contributed by atoms with Crippen LogP contribution in [0.5, 0.6) is 0 Å². The number of thiophene rings is 1. The molecule has 0 amide bonds. The molecule has 118 valence electrons. The Morgan fingerprint density at radius 2 is 1.14 bits per heavy atom. The highest BCUT2D eigenvalue weighted by Crippen LogP contribution is 2.29. The van der Waals surface area contributed by atoms with Crippen molar-refractivity contribution < 1.29 is 9.59 Å². The second-order valence-electron chi connectivity index (χ2n) is 5.64. The molecule has 3 heteroatoms. The number of carbonyl (C=O) groups excluding carboxylic acids is 2. The first-order valence-electron chi connectivity index (χ1n) is 8.33. The summed E-state index contributed by atoms with van der Waals surface area (Å²) in [5, 5.41) is 0. The van der Waals surface area contributed by atoms with Crippen molar-refractivity contribution in [1.82, 2.24) is 0 Å². The van der Waals surface area contributed by atoms with E-state index in [1.807, 2.05) is 0 Å². The highest BCUT2D eigenvalue weighted by atomic mass is 32.1. The molecule has 0 saturated carbocycles. The molecule has 0 aliphatic rings. The van der Waals surface area contributed by atoms with Crippen LogP contribution in [0.2, 0.25) is 0 Å². The Morgan fingerprint density at radius 3 is 1.48 bits per heavy atom. The largest absolute Gasteiger partial charge is 0.297 e. The van der Waals surface area contributed by atoms with Gasteiger partial charge >= 0.3 is 0 Å². The topological polar surface area (TPSA) is 34.1 Å². The lowest BCUT2D eigenvalue weighted by atomic mass is 9.97. The summed E-state index contributed by atoms with van der Waals surface area (Å²) >= 11 is 1.38. The number of unbranched alkanes of at least 4 members (excludes halogenated alkanes) is 6. The molecule has 0 aromatic carbocycles. The third-order valence-corrected chi connectivity index (χ3v) is 5.08. The molecule has 0 spiro atoms. The molecule has 2 nitrogen and oxygen atoms in total. The van der Waals surface area contributed by atoms with Gasteiger partial charge in [0.15, 0.2) is 12.6 Å². The molecule has 1 aromatic heterocycles. The molecule has 1 aromatic rings. The zero-order chi connectivity index (χ0) is 15.5. The lowest BCUT2D eigenvalue weighted by Crippen LogP contribution is -1.97. The SMILES string of the molecule is CCCCCCc1c(C=O)sc(C=O)c1CCCCCC. The quantitative estimate of drug-likeness (QED) is 0.371. The van der Waals surface area contributed by atoms with Gasteiger partial charge in [-0.25, -0.2) is 0 Å². The van der Waals surface area contributed by atoms with Gasteiger partial charge in [0.1, 0.15) is 0 Å². The highest BCUT2D eigenvalue weighted by molar-refractivity contribution is 7.15. The fraction of sp³-hybridized carbons (Fsp3) is 0.667. The van der Waals surface area contributed by atoms with Gasteiger partial charge in [0.05, 0.1) is 9.75 Å². The Morgan fingerprint density at radius 1 is 0.714 bits per heavy atom. The van der Waals surface area contributed by atoms with Crippen molar-refractivity contribution in [1.29, 1.82) is 0 Å². The molecule has 0 radical (unpaired) electrons. The minimum Gasteiger partial charge on any atom is -0.297 e. The summed E-state index contributed by atoms with van der Waals surface area (Å²) in [6.45, 7) is 4.40. The molecule has 0 bridgehead atoms. The summed E-state index contributed by atoms with van der Waals surface area (Å²) < 4.78 is 0. The van der Waals surface area contributed by atoms with Gasteiger partial charge in [-0.1, -0.05) is 52.4 Å². The van der Waals surface area contributed by atoms with Crippen LogP contribution in [0.1, 0.15) is 95.7 Å². The van der Waals surface area contributed by atoms with Crippen molar-refractivity contribution in [3.8, 4) is 0 Å². The van der Waals surface area contributed by atoms with Crippen molar-refractivity contribution in [2.24, 2.45) is 0 Å². The molecule has 0 atom stereocenters. The Kier molecular flexibility index (Phi) is 9.24. The van der Waals surface area contributed by atoms with Crippen molar-refractivity contribution in [3.63, 3.8) is 0 Å². The van der Waals surface area contributed by atoms with E-state index in [0.29, 0.717) is 0 Å². The van der Waals surface area contributed by atoms with Crippen LogP contribution in [-0.4, -0.2) is 12.6 Å². The summed E-state index contributed by atoms with van der Waals surface area (Å²) in [6.07, 6.45) is 13.3. The van der Waals surface area contributed by atoms with Crippen LogP contribution in [0.3, 0.4) is 0 Å². The van der Waals surface area contributed by atoms with Crippen molar-refractivity contribution in [2.75, 3.05) is 0 Å². The molecule has 0 aliphatic heterocycles. The van der Waals surface area contributed by atoms with E-state index in [1.54, 1.807) is 0 Å². The molecule has 0 aliphatic carbocycles. The Balaban J connectivity index is 2.77. The normalized spacial score (nSPS) is 10.8. The Labute approximate surface area is 133 Å². The average molecular weight is 308 g/mol. The standard InChI is InChI=1S/C18H28O2S/c1-3-5-7-9-11-15-16(12-10-8-6-4-2)18(14-20)21-17(15)13-19/h13-14H,3-12H2,1-2H3. The van der Waals surface area contributed by atoms with E-state index < -0.39 is 0 Å². The van der Waals surface area contributed by atoms with E-state index >= 15 is 0 Å². The van der Waals surface area contributed by atoms with Crippen molar-refractivity contribution in [2.45, 2.75) is 78.1 Å². The molecule has 21 heavy (non-hydrogen) atoms. The zero-order valence-corrected chi connectivity index (χ0v) is 14.3. The van der Waals surface area contributed by atoms with E-state index in [-0.39, 0.29) is 0 Å². The number of aldehydes is 2. The number of hydrogen-bond donors (Lipinski definition) is 0. The zero-order valence-electron chi connectivity index (χ0n) is 13.5. The minimum atomic E-state index is 0.777. The van der Waals surface area contributed by atoms with Crippen LogP contribution in [-0.2, 0) is 12.8 Å². The van der Waals surface area contributed by atoms with E-state index in [4.69, 9.17) is 0 Å². The number of carbonyl (C=O) groups is 2. The predicted molar refractivity (Wildman–Crippen MR) is 90.8 cm³/mol. The average Bonchev–Trinajstić information content (AvgIpc) is 2.85. The summed E-state index contributed by atoms with van der Waals surface area (Å²) in [4.78, 5) is 24.1. The monoisotopic (exact) mass is 308 g/mol. The van der Waals surface area contributed by atoms with E-state index in [2.05, 4.69) is 13.8 Å². The first-order chi connectivity index (χ1) is 10.3. The summed E-state index contributed by atoms with van der Waals surface area (Å²) in [5.41, 5.74) is 2.31. The van der Waals surface area contributed by atoms with Gasteiger partial charge in [0.2, 0.25) is 0 Å². The fourth-order valence-electron chi connectivity index (χ4n) is 2.73. The van der Waals surface area contributed by atoms with E-state index in [1.165, 1.54) is 49.9 Å². The smallest absolute Gasteiger partial charge is 0.160 e. The van der Waals surface area contributed by atoms with Crippen molar-refractivity contribution >= 4 is 23.9 Å². The number of hydrogen-bond acceptors (Lipinski definition) is 3. The maximum Gasteiger partial charge on any atom is 0.160 e. The maximum absolute atomic E-state index is 11.3. The Hall–Kier alpha value is -0.960. The molecule has 1 heterocycles. The van der Waals surface area contributed by atoms with E-state index in [0.717, 1.165) is 59.1 Å². The van der Waals surface area contributed by atoms with Gasteiger partial charge < -0.3 is 0 Å². The summed E-state index contributed by atoms with van der Waals surface area (Å²) in [6, 6.07) is 0. The number of rotatable bonds is 12. The van der Waals surface area contributed by atoms with Crippen LogP contribution in [0.4, 0.5) is 0 Å². The third-order valence-electron chi connectivity index (χ3n) is 3.95. The third kappa shape index (κ3) is 5.74.